The summed E-state index contributed by atoms with van der Waals surface area (Å²) < 4.78 is 5.12. The standard InChI is InChI=1S/C10H9NO3/c1-2-3-7-14-8-5-4-6-11-9(8)10(12)13/h4-6H,7H2,1H3,(H,12,13). The highest BCUT2D eigenvalue weighted by atomic mass is 16.5. The number of aromatic nitrogens is 1. The summed E-state index contributed by atoms with van der Waals surface area (Å²) in [6.45, 7) is 1.85. The molecule has 0 aliphatic rings. The Kier molecular flexibility index (Phi) is 3.50. The van der Waals surface area contributed by atoms with Gasteiger partial charge in [-0.25, -0.2) is 9.78 Å². The molecule has 0 fully saturated rings. The number of carboxylic acid groups (broad SMARTS) is 1. The van der Waals surface area contributed by atoms with Crippen LogP contribution in [0.3, 0.4) is 0 Å². The highest BCUT2D eigenvalue weighted by molar-refractivity contribution is 5.88. The number of carbonyl (C=O) groups is 1. The fourth-order valence-corrected chi connectivity index (χ4v) is 0.854. The lowest BCUT2D eigenvalue weighted by molar-refractivity contribution is 0.0686. The molecule has 1 rings (SSSR count). The van der Waals surface area contributed by atoms with Gasteiger partial charge in [0, 0.05) is 6.20 Å². The molecule has 4 nitrogen and oxygen atoms in total. The van der Waals surface area contributed by atoms with Gasteiger partial charge in [-0.05, 0) is 19.1 Å². The van der Waals surface area contributed by atoms with Crippen molar-refractivity contribution < 1.29 is 14.6 Å². The van der Waals surface area contributed by atoms with Crippen LogP contribution < -0.4 is 4.74 Å². The van der Waals surface area contributed by atoms with Crippen molar-refractivity contribution in [1.29, 1.82) is 0 Å². The van der Waals surface area contributed by atoms with E-state index >= 15 is 0 Å². The zero-order valence-electron chi connectivity index (χ0n) is 7.65. The Morgan fingerprint density at radius 3 is 3.14 bits per heavy atom. The number of nitrogens with zero attached hydrogens (tertiary/aromatic N) is 1. The number of carboxylic acids is 1. The lowest BCUT2D eigenvalue weighted by atomic mass is 10.3. The van der Waals surface area contributed by atoms with Gasteiger partial charge < -0.3 is 9.84 Å². The minimum atomic E-state index is -1.11. The highest BCUT2D eigenvalue weighted by Crippen LogP contribution is 2.14. The van der Waals surface area contributed by atoms with Crippen molar-refractivity contribution in [3.63, 3.8) is 0 Å². The van der Waals surface area contributed by atoms with Gasteiger partial charge in [0.25, 0.3) is 0 Å². The van der Waals surface area contributed by atoms with Gasteiger partial charge in [0.1, 0.15) is 6.61 Å². The maximum Gasteiger partial charge on any atom is 0.358 e. The first kappa shape index (κ1) is 10.1. The summed E-state index contributed by atoms with van der Waals surface area (Å²) in [5.41, 5.74) is -0.0922. The van der Waals surface area contributed by atoms with Crippen LogP contribution in [0, 0.1) is 11.8 Å². The molecule has 0 unspecified atom stereocenters. The SMILES string of the molecule is CC#CCOc1cccnc1C(=O)O. The Bertz CT molecular complexity index is 390. The van der Waals surface area contributed by atoms with Crippen molar-refractivity contribution >= 4 is 5.97 Å². The van der Waals surface area contributed by atoms with Gasteiger partial charge >= 0.3 is 5.97 Å². The number of rotatable bonds is 3. The summed E-state index contributed by atoms with van der Waals surface area (Å²) >= 11 is 0. The molecule has 14 heavy (non-hydrogen) atoms. The van der Waals surface area contributed by atoms with Crippen LogP contribution in [0.4, 0.5) is 0 Å². The van der Waals surface area contributed by atoms with Gasteiger partial charge in [0.15, 0.2) is 11.4 Å². The molecule has 0 amide bonds. The molecule has 1 heterocycles. The van der Waals surface area contributed by atoms with E-state index in [9.17, 15) is 4.79 Å². The Balaban J connectivity index is 2.83. The molecule has 1 N–H and O–H groups in total. The topological polar surface area (TPSA) is 59.4 Å². The Hall–Kier alpha value is -2.02. The van der Waals surface area contributed by atoms with Crippen LogP contribution in [0.2, 0.25) is 0 Å². The predicted molar refractivity (Wildman–Crippen MR) is 50.1 cm³/mol. The molecule has 0 aliphatic heterocycles. The van der Waals surface area contributed by atoms with Gasteiger partial charge in [0.05, 0.1) is 0 Å². The van der Waals surface area contributed by atoms with E-state index in [4.69, 9.17) is 9.84 Å². The zero-order valence-corrected chi connectivity index (χ0v) is 7.65. The maximum atomic E-state index is 10.7. The molecule has 0 aromatic carbocycles. The fourth-order valence-electron chi connectivity index (χ4n) is 0.854. The third kappa shape index (κ3) is 2.49. The van der Waals surface area contributed by atoms with Gasteiger partial charge in [-0.1, -0.05) is 5.92 Å². The average molecular weight is 191 g/mol. The molecule has 0 saturated heterocycles. The maximum absolute atomic E-state index is 10.7. The molecule has 1 aromatic rings. The second-order valence-electron chi connectivity index (χ2n) is 2.37. The largest absolute Gasteiger partial charge is 0.478 e. The van der Waals surface area contributed by atoms with Gasteiger partial charge in [-0.3, -0.25) is 0 Å². The average Bonchev–Trinajstić information content (AvgIpc) is 2.19. The van der Waals surface area contributed by atoms with Crippen molar-refractivity contribution in [2.75, 3.05) is 6.61 Å². The van der Waals surface area contributed by atoms with Crippen LogP contribution in [-0.4, -0.2) is 22.7 Å². The molecule has 0 spiro atoms. The summed E-state index contributed by atoms with van der Waals surface area (Å²) in [4.78, 5) is 14.4. The van der Waals surface area contributed by atoms with E-state index < -0.39 is 5.97 Å². The van der Waals surface area contributed by atoms with Gasteiger partial charge in [0.2, 0.25) is 0 Å². The van der Waals surface area contributed by atoms with E-state index in [0.29, 0.717) is 0 Å². The van der Waals surface area contributed by atoms with Crippen LogP contribution >= 0.6 is 0 Å². The number of ether oxygens (including phenoxy) is 1. The minimum absolute atomic E-state index is 0.0922. The number of hydrogen-bond acceptors (Lipinski definition) is 3. The summed E-state index contributed by atoms with van der Waals surface area (Å²) in [7, 11) is 0. The van der Waals surface area contributed by atoms with Crippen LogP contribution in [0.5, 0.6) is 5.75 Å². The zero-order chi connectivity index (χ0) is 10.4. The van der Waals surface area contributed by atoms with Gasteiger partial charge in [-0.15, -0.1) is 5.92 Å². The van der Waals surface area contributed by atoms with Crippen LogP contribution in [0.25, 0.3) is 0 Å². The van der Waals surface area contributed by atoms with Crippen LogP contribution in [0.15, 0.2) is 18.3 Å². The van der Waals surface area contributed by atoms with Crippen molar-refractivity contribution in [2.45, 2.75) is 6.92 Å². The summed E-state index contributed by atoms with van der Waals surface area (Å²) in [6.07, 6.45) is 1.40. The second kappa shape index (κ2) is 4.87. The highest BCUT2D eigenvalue weighted by Gasteiger charge is 2.11. The molecule has 4 heteroatoms. The molecular formula is C10H9NO3. The second-order valence-corrected chi connectivity index (χ2v) is 2.37. The molecular weight excluding hydrogens is 182 g/mol. The van der Waals surface area contributed by atoms with E-state index in [1.54, 1.807) is 19.1 Å². The van der Waals surface area contributed by atoms with Crippen molar-refractivity contribution in [3.05, 3.63) is 24.0 Å². The Morgan fingerprint density at radius 2 is 2.50 bits per heavy atom. The monoisotopic (exact) mass is 191 g/mol. The van der Waals surface area contributed by atoms with E-state index in [0.717, 1.165) is 0 Å². The third-order valence-electron chi connectivity index (χ3n) is 1.45. The molecule has 0 saturated carbocycles. The van der Waals surface area contributed by atoms with Crippen molar-refractivity contribution in [3.8, 4) is 17.6 Å². The molecule has 0 radical (unpaired) electrons. The minimum Gasteiger partial charge on any atom is -0.478 e. The molecule has 0 aliphatic carbocycles. The van der Waals surface area contributed by atoms with Crippen LogP contribution in [-0.2, 0) is 0 Å². The number of aromatic carboxylic acids is 1. The normalized spacial score (nSPS) is 8.64. The lowest BCUT2D eigenvalue weighted by Crippen LogP contribution is -2.05. The van der Waals surface area contributed by atoms with E-state index in [1.165, 1.54) is 6.20 Å². The molecule has 1 aromatic heterocycles. The lowest BCUT2D eigenvalue weighted by Gasteiger charge is -2.03. The quantitative estimate of drug-likeness (QED) is 0.729. The fraction of sp³-hybridized carbons (Fsp3) is 0.200. The summed E-state index contributed by atoms with van der Waals surface area (Å²) in [6, 6.07) is 3.16. The first-order valence-electron chi connectivity index (χ1n) is 3.96. The smallest absolute Gasteiger partial charge is 0.358 e. The van der Waals surface area contributed by atoms with E-state index in [2.05, 4.69) is 16.8 Å². The van der Waals surface area contributed by atoms with Gasteiger partial charge in [-0.2, -0.15) is 0 Å². The van der Waals surface area contributed by atoms with Crippen molar-refractivity contribution in [2.24, 2.45) is 0 Å². The molecule has 0 bridgehead atoms. The Morgan fingerprint density at radius 1 is 1.71 bits per heavy atom. The number of pyridine rings is 1. The molecule has 0 atom stereocenters. The van der Waals surface area contributed by atoms with E-state index in [1.807, 2.05) is 0 Å². The van der Waals surface area contributed by atoms with Crippen molar-refractivity contribution in [1.82, 2.24) is 4.98 Å². The third-order valence-corrected chi connectivity index (χ3v) is 1.45. The number of hydrogen-bond donors (Lipinski definition) is 1. The first-order chi connectivity index (χ1) is 6.75. The summed E-state index contributed by atoms with van der Waals surface area (Å²) in [5.74, 6) is 4.45. The molecule has 72 valence electrons. The van der Waals surface area contributed by atoms with Crippen LogP contribution in [0.1, 0.15) is 17.4 Å². The summed E-state index contributed by atoms with van der Waals surface area (Å²) in [5, 5.41) is 8.74. The predicted octanol–water partition coefficient (Wildman–Crippen LogP) is 1.18. The first-order valence-corrected chi connectivity index (χ1v) is 3.96. The van der Waals surface area contributed by atoms with E-state index in [-0.39, 0.29) is 18.1 Å². The Labute approximate surface area is 81.5 Å².